The summed E-state index contributed by atoms with van der Waals surface area (Å²) in [5, 5.41) is 0. The Morgan fingerprint density at radius 1 is 0.750 bits per heavy atom. The van der Waals surface area contributed by atoms with Crippen molar-refractivity contribution in [3.05, 3.63) is 82.6 Å². The van der Waals surface area contributed by atoms with Crippen molar-refractivity contribution in [3.8, 4) is 0 Å². The summed E-state index contributed by atoms with van der Waals surface area (Å²) in [6, 6.07) is 3.88. The highest BCUT2D eigenvalue weighted by Gasteiger charge is 2.11. The smallest absolute Gasteiger partial charge is 0.129 e. The van der Waals surface area contributed by atoms with E-state index in [0.29, 0.717) is 0 Å². The number of furan rings is 1. The molecule has 0 spiro atoms. The van der Waals surface area contributed by atoms with Crippen molar-refractivity contribution in [1.82, 2.24) is 0 Å². The molecule has 0 saturated heterocycles. The Hall–Kier alpha value is -3.27. The van der Waals surface area contributed by atoms with E-state index in [0.717, 1.165) is 51.4 Å². The van der Waals surface area contributed by atoms with Gasteiger partial charge < -0.3 is 4.42 Å². The summed E-state index contributed by atoms with van der Waals surface area (Å²) in [4.78, 5) is 13.7. The van der Waals surface area contributed by atoms with Gasteiger partial charge in [0.2, 0.25) is 0 Å². The Balaban J connectivity index is 1.67. The fourth-order valence-electron chi connectivity index (χ4n) is 2.93. The van der Waals surface area contributed by atoms with Crippen LogP contribution >= 0.6 is 0 Å². The summed E-state index contributed by atoms with van der Waals surface area (Å²) in [5.41, 5.74) is 7.32. The molecular weight excluding hydrogens is 298 g/mol. The maximum atomic E-state index is 5.83. The summed E-state index contributed by atoms with van der Waals surface area (Å²) in [6.07, 6.45) is 18.6. The van der Waals surface area contributed by atoms with Crippen LogP contribution in [0.5, 0.6) is 0 Å². The van der Waals surface area contributed by atoms with E-state index in [4.69, 9.17) is 4.42 Å². The quantitative estimate of drug-likeness (QED) is 0.725. The summed E-state index contributed by atoms with van der Waals surface area (Å²) in [5.74, 6) is 0. The minimum absolute atomic E-state index is 0.776. The molecule has 5 rings (SSSR count). The molecule has 8 bridgehead atoms. The van der Waals surface area contributed by atoms with Crippen LogP contribution in [0.4, 0.5) is 0 Å². The third-order valence-corrected chi connectivity index (χ3v) is 4.02. The maximum Gasteiger partial charge on any atom is 0.129 e. The van der Waals surface area contributed by atoms with Crippen molar-refractivity contribution >= 4 is 29.3 Å². The van der Waals surface area contributed by atoms with E-state index >= 15 is 0 Å². The summed E-state index contributed by atoms with van der Waals surface area (Å²) >= 11 is 0. The molecule has 0 radical (unpaired) electrons. The van der Waals surface area contributed by atoms with Gasteiger partial charge in [-0.2, -0.15) is 0 Å². The van der Waals surface area contributed by atoms with Gasteiger partial charge in [-0.05, 0) is 54.2 Å². The molecule has 0 aliphatic carbocycles. The third-order valence-electron chi connectivity index (χ3n) is 4.02. The van der Waals surface area contributed by atoms with Crippen molar-refractivity contribution in [3.63, 3.8) is 0 Å². The standard InChI is InChI=1S/C20H13N3O/c1-3-16-10-19-5-6-20(24-19)11-17-4-2-15(23-17)9-18-8-13(12-21-18)7-14(1)22-16/h1-7,9-12H,8H2. The van der Waals surface area contributed by atoms with E-state index < -0.39 is 0 Å². The van der Waals surface area contributed by atoms with Gasteiger partial charge in [0, 0.05) is 30.5 Å². The van der Waals surface area contributed by atoms with Crippen LogP contribution in [-0.4, -0.2) is 17.1 Å². The molecule has 0 N–H and O–H groups in total. The van der Waals surface area contributed by atoms with Gasteiger partial charge in [-0.25, -0.2) is 9.98 Å². The number of rotatable bonds is 0. The molecule has 1 aromatic heterocycles. The van der Waals surface area contributed by atoms with E-state index in [1.165, 1.54) is 0 Å². The van der Waals surface area contributed by atoms with Crippen LogP contribution in [0.2, 0.25) is 0 Å². The molecule has 24 heavy (non-hydrogen) atoms. The highest BCUT2D eigenvalue weighted by Crippen LogP contribution is 2.21. The first-order chi connectivity index (χ1) is 11.8. The van der Waals surface area contributed by atoms with Crippen LogP contribution in [0.3, 0.4) is 0 Å². The van der Waals surface area contributed by atoms with Crippen LogP contribution in [0.15, 0.2) is 91.2 Å². The normalized spacial score (nSPS) is 20.5. The number of aliphatic imine (C=N–C) groups is 3. The molecule has 0 atom stereocenters. The number of hydrogen-bond acceptors (Lipinski definition) is 4. The monoisotopic (exact) mass is 311 g/mol. The molecule has 0 saturated carbocycles. The van der Waals surface area contributed by atoms with Gasteiger partial charge >= 0.3 is 0 Å². The third kappa shape index (κ3) is 2.48. The zero-order valence-electron chi connectivity index (χ0n) is 12.8. The summed E-state index contributed by atoms with van der Waals surface area (Å²) < 4.78 is 5.83. The highest BCUT2D eigenvalue weighted by atomic mass is 16.3. The lowest BCUT2D eigenvalue weighted by Gasteiger charge is -1.96. The van der Waals surface area contributed by atoms with E-state index in [2.05, 4.69) is 21.1 Å². The van der Waals surface area contributed by atoms with Gasteiger partial charge in [0.05, 0.1) is 22.8 Å². The first-order valence-corrected chi connectivity index (χ1v) is 7.82. The van der Waals surface area contributed by atoms with Crippen LogP contribution in [0.1, 0.15) is 6.42 Å². The Kier molecular flexibility index (Phi) is 2.82. The average Bonchev–Trinajstić information content (AvgIpc) is 3.32. The summed E-state index contributed by atoms with van der Waals surface area (Å²) in [7, 11) is 0. The van der Waals surface area contributed by atoms with Crippen LogP contribution in [0.25, 0.3) is 12.2 Å². The van der Waals surface area contributed by atoms with E-state index in [-0.39, 0.29) is 0 Å². The first-order valence-electron chi connectivity index (χ1n) is 7.82. The van der Waals surface area contributed by atoms with Crippen molar-refractivity contribution in [1.29, 1.82) is 0 Å². The lowest BCUT2D eigenvalue weighted by Crippen LogP contribution is -2.03. The van der Waals surface area contributed by atoms with Gasteiger partial charge in [-0.1, -0.05) is 0 Å². The van der Waals surface area contributed by atoms with Crippen LogP contribution in [-0.2, 0) is 0 Å². The highest BCUT2D eigenvalue weighted by molar-refractivity contribution is 6.20. The largest absolute Gasteiger partial charge is 0.457 e. The molecule has 4 aliphatic rings. The average molecular weight is 311 g/mol. The molecule has 0 fully saturated rings. The second kappa shape index (κ2) is 5.13. The lowest BCUT2D eigenvalue weighted by molar-refractivity contribution is 0.503. The predicted molar refractivity (Wildman–Crippen MR) is 96.3 cm³/mol. The number of hydrogen-bond donors (Lipinski definition) is 0. The van der Waals surface area contributed by atoms with Crippen molar-refractivity contribution in [2.45, 2.75) is 6.42 Å². The molecule has 0 unspecified atom stereocenters. The topological polar surface area (TPSA) is 50.2 Å². The van der Waals surface area contributed by atoms with E-state index in [9.17, 15) is 0 Å². The van der Waals surface area contributed by atoms with Crippen molar-refractivity contribution in [2.75, 3.05) is 0 Å². The molecule has 4 nitrogen and oxygen atoms in total. The first kappa shape index (κ1) is 13.2. The zero-order chi connectivity index (χ0) is 15.9. The van der Waals surface area contributed by atoms with Gasteiger partial charge in [0.1, 0.15) is 10.8 Å². The Labute approximate surface area is 138 Å². The molecule has 4 aliphatic heterocycles. The lowest BCUT2D eigenvalue weighted by atomic mass is 10.1. The molecule has 0 aromatic carbocycles. The van der Waals surface area contributed by atoms with E-state index in [1.807, 2.05) is 60.9 Å². The Morgan fingerprint density at radius 3 is 2.12 bits per heavy atom. The second-order valence-electron chi connectivity index (χ2n) is 5.91. The minimum Gasteiger partial charge on any atom is -0.457 e. The van der Waals surface area contributed by atoms with E-state index in [1.54, 1.807) is 0 Å². The Bertz CT molecular complexity index is 1030. The fraction of sp³-hybridized carbons (Fsp3) is 0.0500. The number of fused-ring (bicyclic) bond motifs is 6. The van der Waals surface area contributed by atoms with Crippen LogP contribution in [0, 0.1) is 0 Å². The SMILES string of the molecule is C1=CC2=NC1=CC1=CN=C(C=C3C=CC(=N3)C=c3ccc(o3)=C2)C1. The van der Waals surface area contributed by atoms with Gasteiger partial charge in [-0.15, -0.1) is 0 Å². The summed E-state index contributed by atoms with van der Waals surface area (Å²) in [6.45, 7) is 0. The van der Waals surface area contributed by atoms with Gasteiger partial charge in [0.25, 0.3) is 0 Å². The Morgan fingerprint density at radius 2 is 1.42 bits per heavy atom. The number of allylic oxidation sites excluding steroid dienone is 7. The molecule has 1 aromatic rings. The fourth-order valence-corrected chi connectivity index (χ4v) is 2.93. The molecule has 5 heterocycles. The van der Waals surface area contributed by atoms with Gasteiger partial charge in [-0.3, -0.25) is 4.99 Å². The molecule has 114 valence electrons. The van der Waals surface area contributed by atoms with Crippen molar-refractivity contribution < 1.29 is 4.42 Å². The zero-order valence-corrected chi connectivity index (χ0v) is 12.8. The molecule has 4 heteroatoms. The van der Waals surface area contributed by atoms with Crippen molar-refractivity contribution in [2.24, 2.45) is 15.0 Å². The minimum atomic E-state index is 0.776. The second-order valence-corrected chi connectivity index (χ2v) is 5.91. The maximum absolute atomic E-state index is 5.83. The van der Waals surface area contributed by atoms with Crippen LogP contribution < -0.4 is 10.8 Å². The number of nitrogens with zero attached hydrogens (tertiary/aromatic N) is 3. The predicted octanol–water partition coefficient (Wildman–Crippen LogP) is 2.37. The molecular formula is C20H13N3O. The molecule has 0 amide bonds. The van der Waals surface area contributed by atoms with Gasteiger partial charge in [0.15, 0.2) is 0 Å².